The van der Waals surface area contributed by atoms with Gasteiger partial charge in [0.15, 0.2) is 5.69 Å². The summed E-state index contributed by atoms with van der Waals surface area (Å²) in [6.45, 7) is 2.81. The summed E-state index contributed by atoms with van der Waals surface area (Å²) in [5, 5.41) is 10.1. The van der Waals surface area contributed by atoms with E-state index < -0.39 is 29.6 Å². The van der Waals surface area contributed by atoms with E-state index in [1.807, 2.05) is 6.92 Å². The van der Waals surface area contributed by atoms with Gasteiger partial charge in [0.2, 0.25) is 18.3 Å². The molecule has 0 spiro atoms. The number of amides is 2. The number of alkyl halides is 3. The van der Waals surface area contributed by atoms with Gasteiger partial charge in [0.25, 0.3) is 0 Å². The number of aryl methyl sites for hydroxylation is 1. The highest BCUT2D eigenvalue weighted by molar-refractivity contribution is 5.92. The van der Waals surface area contributed by atoms with Gasteiger partial charge in [-0.3, -0.25) is 14.8 Å². The van der Waals surface area contributed by atoms with Crippen molar-refractivity contribution in [1.29, 1.82) is 0 Å². The first kappa shape index (κ1) is 21.8. The van der Waals surface area contributed by atoms with Crippen molar-refractivity contribution in [2.24, 2.45) is 11.8 Å². The van der Waals surface area contributed by atoms with E-state index in [1.165, 1.54) is 6.92 Å². The van der Waals surface area contributed by atoms with E-state index in [0.717, 1.165) is 19.0 Å². The third kappa shape index (κ3) is 5.92. The maximum atomic E-state index is 13.0. The van der Waals surface area contributed by atoms with Crippen LogP contribution in [0.5, 0.6) is 0 Å². The van der Waals surface area contributed by atoms with Crippen molar-refractivity contribution in [3.8, 4) is 0 Å². The minimum absolute atomic E-state index is 0.130. The Balaban J connectivity index is 3.04. The Hall–Kier alpha value is -2.27. The van der Waals surface area contributed by atoms with Gasteiger partial charge in [-0.15, -0.1) is 0 Å². The van der Waals surface area contributed by atoms with Crippen LogP contribution in [0.25, 0.3) is 0 Å². The Morgan fingerprint density at radius 1 is 1.42 bits per heavy atom. The summed E-state index contributed by atoms with van der Waals surface area (Å²) in [5.41, 5.74) is -1.39. The van der Waals surface area contributed by atoms with Gasteiger partial charge < -0.3 is 0 Å². The highest BCUT2D eigenvalue weighted by Gasteiger charge is 2.36. The molecule has 1 unspecified atom stereocenters. The van der Waals surface area contributed by atoms with Crippen LogP contribution < -0.4 is 10.9 Å². The second-order valence-corrected chi connectivity index (χ2v) is 5.83. The average Bonchev–Trinajstić information content (AvgIpc) is 2.59. The number of halogens is 3. The molecule has 11 heteroatoms. The third-order valence-corrected chi connectivity index (χ3v) is 3.71. The molecule has 0 radical (unpaired) electrons. The quantitative estimate of drug-likeness (QED) is 0.170. The number of hydroxylamine groups is 2. The zero-order chi connectivity index (χ0) is 19.9. The Morgan fingerprint density at radius 3 is 2.62 bits per heavy atom. The lowest BCUT2D eigenvalue weighted by Crippen LogP contribution is -2.46. The maximum absolute atomic E-state index is 13.0. The third-order valence-electron chi connectivity index (χ3n) is 3.71. The standard InChI is InChI=1S/C15H22F3N5O3/c1-3-4-5-6-11(8-22(26)9-24)13(25)23(19)14-20-7-10(2)12(21-14)15(16,17)18/h7,9,11,26H,3-6,8,19H2,1-2H3. The van der Waals surface area contributed by atoms with Gasteiger partial charge in [0.05, 0.1) is 12.5 Å². The number of unbranched alkanes of at least 4 members (excludes halogenated alkanes) is 2. The van der Waals surface area contributed by atoms with Crippen LogP contribution in [0.3, 0.4) is 0 Å². The molecule has 0 fully saturated rings. The zero-order valence-corrected chi connectivity index (χ0v) is 14.5. The summed E-state index contributed by atoms with van der Waals surface area (Å²) >= 11 is 0. The maximum Gasteiger partial charge on any atom is 0.433 e. The van der Waals surface area contributed by atoms with E-state index >= 15 is 0 Å². The average molecular weight is 377 g/mol. The van der Waals surface area contributed by atoms with Gasteiger partial charge in [-0.1, -0.05) is 26.2 Å². The first-order valence-electron chi connectivity index (χ1n) is 8.02. The second-order valence-electron chi connectivity index (χ2n) is 5.83. The Morgan fingerprint density at radius 2 is 2.08 bits per heavy atom. The first-order valence-corrected chi connectivity index (χ1v) is 8.02. The fourth-order valence-corrected chi connectivity index (χ4v) is 2.33. The largest absolute Gasteiger partial charge is 0.433 e. The molecule has 8 nitrogen and oxygen atoms in total. The molecule has 0 aliphatic rings. The summed E-state index contributed by atoms with van der Waals surface area (Å²) in [4.78, 5) is 30.1. The number of anilines is 1. The fourth-order valence-electron chi connectivity index (χ4n) is 2.33. The lowest BCUT2D eigenvalue weighted by Gasteiger charge is -2.24. The predicted molar refractivity (Wildman–Crippen MR) is 85.6 cm³/mol. The van der Waals surface area contributed by atoms with Crippen molar-refractivity contribution in [1.82, 2.24) is 15.0 Å². The number of hydrogen-bond acceptors (Lipinski definition) is 6. The SMILES string of the molecule is CCCCCC(CN(O)C=O)C(=O)N(N)c1ncc(C)c(C(F)(F)F)n1. The molecular formula is C15H22F3N5O3. The molecular weight excluding hydrogens is 355 g/mol. The molecule has 1 aromatic rings. The Labute approximate surface area is 148 Å². The normalized spacial score (nSPS) is 12.6. The van der Waals surface area contributed by atoms with Crippen LogP contribution in [-0.4, -0.2) is 39.1 Å². The number of nitrogens with zero attached hydrogens (tertiary/aromatic N) is 4. The number of aromatic nitrogens is 2. The van der Waals surface area contributed by atoms with E-state index in [4.69, 9.17) is 5.84 Å². The molecule has 1 rings (SSSR count). The number of carbonyl (C=O) groups is 2. The molecule has 26 heavy (non-hydrogen) atoms. The molecule has 2 amide bonds. The molecule has 0 saturated heterocycles. The van der Waals surface area contributed by atoms with Gasteiger partial charge in [-0.25, -0.2) is 25.9 Å². The van der Waals surface area contributed by atoms with E-state index in [1.54, 1.807) is 0 Å². The van der Waals surface area contributed by atoms with Crippen LogP contribution in [-0.2, 0) is 15.8 Å². The van der Waals surface area contributed by atoms with Crippen molar-refractivity contribution < 1.29 is 28.0 Å². The van der Waals surface area contributed by atoms with Crippen molar-refractivity contribution in [3.63, 3.8) is 0 Å². The van der Waals surface area contributed by atoms with E-state index in [9.17, 15) is 28.0 Å². The van der Waals surface area contributed by atoms with Crippen LogP contribution in [0.1, 0.15) is 43.9 Å². The number of rotatable bonds is 9. The molecule has 1 atom stereocenters. The molecule has 3 N–H and O–H groups in total. The van der Waals surface area contributed by atoms with Crippen LogP contribution >= 0.6 is 0 Å². The number of hydrogen-bond donors (Lipinski definition) is 2. The van der Waals surface area contributed by atoms with Gasteiger partial charge in [-0.2, -0.15) is 13.2 Å². The second kappa shape index (κ2) is 9.43. The smallest absolute Gasteiger partial charge is 0.286 e. The Kier molecular flexibility index (Phi) is 7.90. The predicted octanol–water partition coefficient (Wildman–Crippen LogP) is 2.05. The van der Waals surface area contributed by atoms with Crippen molar-refractivity contribution >= 4 is 18.3 Å². The van der Waals surface area contributed by atoms with E-state index in [0.29, 0.717) is 22.9 Å². The molecule has 0 bridgehead atoms. The minimum atomic E-state index is -4.72. The molecule has 1 heterocycles. The van der Waals surface area contributed by atoms with E-state index in [2.05, 4.69) is 9.97 Å². The Bertz CT molecular complexity index is 627. The van der Waals surface area contributed by atoms with Crippen molar-refractivity contribution in [2.75, 3.05) is 11.6 Å². The summed E-state index contributed by atoms with van der Waals surface area (Å²) in [7, 11) is 0. The van der Waals surface area contributed by atoms with Crippen LogP contribution in [0, 0.1) is 12.8 Å². The number of hydrazine groups is 1. The minimum Gasteiger partial charge on any atom is -0.286 e. The van der Waals surface area contributed by atoms with Gasteiger partial charge in [0, 0.05) is 6.20 Å². The molecule has 1 aromatic heterocycles. The number of nitrogens with two attached hydrogens (primary N) is 1. The monoisotopic (exact) mass is 377 g/mol. The van der Waals surface area contributed by atoms with Crippen molar-refractivity contribution in [2.45, 2.75) is 45.7 Å². The zero-order valence-electron chi connectivity index (χ0n) is 14.5. The first-order chi connectivity index (χ1) is 12.1. The van der Waals surface area contributed by atoms with E-state index in [-0.39, 0.29) is 18.5 Å². The topological polar surface area (TPSA) is 113 Å². The number of carbonyl (C=O) groups excluding carboxylic acids is 2. The van der Waals surface area contributed by atoms with Gasteiger partial charge >= 0.3 is 6.18 Å². The van der Waals surface area contributed by atoms with Gasteiger partial charge in [0.1, 0.15) is 0 Å². The van der Waals surface area contributed by atoms with Gasteiger partial charge in [-0.05, 0) is 18.9 Å². The summed E-state index contributed by atoms with van der Waals surface area (Å²) < 4.78 is 38.9. The molecule has 0 aromatic carbocycles. The lowest BCUT2D eigenvalue weighted by molar-refractivity contribution is -0.154. The molecule has 146 valence electrons. The highest BCUT2D eigenvalue weighted by atomic mass is 19.4. The summed E-state index contributed by atoms with van der Waals surface area (Å²) in [5.74, 6) is 3.32. The highest BCUT2D eigenvalue weighted by Crippen LogP contribution is 2.30. The molecule has 0 aliphatic carbocycles. The van der Waals surface area contributed by atoms with Crippen molar-refractivity contribution in [3.05, 3.63) is 17.5 Å². The summed E-state index contributed by atoms with van der Waals surface area (Å²) in [6, 6.07) is 0. The van der Waals surface area contributed by atoms with Crippen LogP contribution in [0.15, 0.2) is 6.20 Å². The summed E-state index contributed by atoms with van der Waals surface area (Å²) in [6.07, 6.45) is -1.07. The van der Waals surface area contributed by atoms with Crippen LogP contribution in [0.2, 0.25) is 0 Å². The molecule has 0 saturated carbocycles. The molecule has 0 aliphatic heterocycles. The van der Waals surface area contributed by atoms with Crippen LogP contribution in [0.4, 0.5) is 19.1 Å². The fraction of sp³-hybridized carbons (Fsp3) is 0.600. The lowest BCUT2D eigenvalue weighted by atomic mass is 10.00.